The van der Waals surface area contributed by atoms with E-state index < -0.39 is 5.82 Å². The number of hydrogen-bond donors (Lipinski definition) is 2. The number of hydrogen-bond acceptors (Lipinski definition) is 5. The van der Waals surface area contributed by atoms with Crippen LogP contribution in [-0.2, 0) is 0 Å². The number of rotatable bonds is 3. The first-order valence-electron chi connectivity index (χ1n) is 7.57. The summed E-state index contributed by atoms with van der Waals surface area (Å²) in [4.78, 5) is 17.5. The summed E-state index contributed by atoms with van der Waals surface area (Å²) in [7, 11) is 0. The van der Waals surface area contributed by atoms with Crippen LogP contribution < -0.4 is 16.5 Å². The molecule has 2 heterocycles. The van der Waals surface area contributed by atoms with Gasteiger partial charge >= 0.3 is 0 Å². The lowest BCUT2D eigenvalue weighted by atomic mass is 10.1. The molecule has 0 saturated carbocycles. The first kappa shape index (κ1) is 15.0. The minimum absolute atomic E-state index is 0.173. The third kappa shape index (κ3) is 2.31. The highest BCUT2D eigenvalue weighted by molar-refractivity contribution is 7.24. The molecule has 0 aliphatic carbocycles. The Bertz CT molecular complexity index is 1140. The minimum Gasteiger partial charge on any atom is -0.383 e. The zero-order chi connectivity index (χ0) is 16.7. The maximum absolute atomic E-state index is 13.6. The zero-order valence-corrected chi connectivity index (χ0v) is 13.5. The van der Waals surface area contributed by atoms with E-state index in [1.54, 1.807) is 12.3 Å². The van der Waals surface area contributed by atoms with Crippen molar-refractivity contribution in [2.24, 2.45) is 5.73 Å². The minimum atomic E-state index is -0.411. The van der Waals surface area contributed by atoms with Gasteiger partial charge in [0.1, 0.15) is 5.82 Å². The van der Waals surface area contributed by atoms with Gasteiger partial charge in [-0.3, -0.25) is 9.78 Å². The Morgan fingerprint density at radius 1 is 1.17 bits per heavy atom. The van der Waals surface area contributed by atoms with Gasteiger partial charge in [-0.1, -0.05) is 6.07 Å². The molecule has 0 fully saturated rings. The van der Waals surface area contributed by atoms with E-state index in [4.69, 9.17) is 5.73 Å². The summed E-state index contributed by atoms with van der Waals surface area (Å²) in [6.07, 6.45) is 1.71. The molecule has 24 heavy (non-hydrogen) atoms. The summed E-state index contributed by atoms with van der Waals surface area (Å²) in [6, 6.07) is 9.96. The quantitative estimate of drug-likeness (QED) is 0.443. The number of nitrogens with two attached hydrogens (primary N) is 1. The van der Waals surface area contributed by atoms with Gasteiger partial charge in [-0.25, -0.2) is 4.39 Å². The monoisotopic (exact) mass is 339 g/mol. The second kappa shape index (κ2) is 5.81. The van der Waals surface area contributed by atoms with Crippen molar-refractivity contribution in [1.82, 2.24) is 4.98 Å². The molecule has 2 aromatic carbocycles. The third-order valence-electron chi connectivity index (χ3n) is 3.95. The predicted octanol–water partition coefficient (Wildman–Crippen LogP) is 3.47. The number of nitrogens with zero attached hydrogens (tertiary/aromatic N) is 1. The van der Waals surface area contributed by atoms with Crippen LogP contribution in [0.25, 0.3) is 31.1 Å². The van der Waals surface area contributed by atoms with Crippen LogP contribution in [0.15, 0.2) is 47.4 Å². The molecule has 0 bridgehead atoms. The third-order valence-corrected chi connectivity index (χ3v) is 5.06. The van der Waals surface area contributed by atoms with Crippen molar-refractivity contribution in [1.29, 1.82) is 0 Å². The summed E-state index contributed by atoms with van der Waals surface area (Å²) in [6.45, 7) is 1.07. The summed E-state index contributed by atoms with van der Waals surface area (Å²) < 4.78 is 15.1. The molecule has 4 nitrogen and oxygen atoms in total. The zero-order valence-electron chi connectivity index (χ0n) is 12.7. The Balaban J connectivity index is 2.18. The number of benzene rings is 2. The van der Waals surface area contributed by atoms with E-state index in [0.717, 1.165) is 26.0 Å². The fourth-order valence-corrected chi connectivity index (χ4v) is 3.94. The van der Waals surface area contributed by atoms with Crippen molar-refractivity contribution in [3.63, 3.8) is 0 Å². The molecular weight excluding hydrogens is 325 g/mol. The molecule has 4 aromatic rings. The Kier molecular flexibility index (Phi) is 3.63. The van der Waals surface area contributed by atoms with E-state index in [1.165, 1.54) is 23.5 Å². The van der Waals surface area contributed by atoms with Crippen LogP contribution in [0, 0.1) is 5.82 Å². The average molecular weight is 339 g/mol. The van der Waals surface area contributed by atoms with E-state index in [2.05, 4.69) is 10.3 Å². The van der Waals surface area contributed by atoms with Gasteiger partial charge in [-0.15, -0.1) is 11.3 Å². The summed E-state index contributed by atoms with van der Waals surface area (Å²) >= 11 is 1.44. The number of nitrogens with one attached hydrogen (secondary N) is 1. The molecule has 0 saturated heterocycles. The highest BCUT2D eigenvalue weighted by Crippen LogP contribution is 2.32. The highest BCUT2D eigenvalue weighted by atomic mass is 32.1. The van der Waals surface area contributed by atoms with Crippen molar-refractivity contribution in [2.45, 2.75) is 0 Å². The fraction of sp³-hybridized carbons (Fsp3) is 0.111. The summed E-state index contributed by atoms with van der Waals surface area (Å²) in [5.74, 6) is -0.411. The van der Waals surface area contributed by atoms with Crippen molar-refractivity contribution in [2.75, 3.05) is 18.4 Å². The maximum Gasteiger partial charge on any atom is 0.196 e. The lowest BCUT2D eigenvalue weighted by Crippen LogP contribution is -2.13. The van der Waals surface area contributed by atoms with Crippen molar-refractivity contribution >= 4 is 48.1 Å². The molecule has 6 heteroatoms. The van der Waals surface area contributed by atoms with E-state index >= 15 is 0 Å². The van der Waals surface area contributed by atoms with E-state index in [-0.39, 0.29) is 5.43 Å². The van der Waals surface area contributed by atoms with E-state index in [0.29, 0.717) is 23.9 Å². The lowest BCUT2D eigenvalue weighted by molar-refractivity contribution is 0.630. The second-order valence-corrected chi connectivity index (χ2v) is 6.57. The summed E-state index contributed by atoms with van der Waals surface area (Å²) in [5.41, 5.74) is 6.94. The predicted molar refractivity (Wildman–Crippen MR) is 98.4 cm³/mol. The van der Waals surface area contributed by atoms with Crippen LogP contribution in [0.1, 0.15) is 0 Å². The van der Waals surface area contributed by atoms with Crippen LogP contribution >= 0.6 is 11.3 Å². The molecule has 4 rings (SSSR count). The Labute approximate surface area is 140 Å². The van der Waals surface area contributed by atoms with E-state index in [1.807, 2.05) is 18.2 Å². The van der Waals surface area contributed by atoms with Crippen molar-refractivity contribution < 1.29 is 4.39 Å². The van der Waals surface area contributed by atoms with Crippen LogP contribution in [-0.4, -0.2) is 18.1 Å². The number of anilines is 1. The lowest BCUT2D eigenvalue weighted by Gasteiger charge is -2.11. The van der Waals surface area contributed by atoms with Crippen molar-refractivity contribution in [3.05, 3.63) is 58.6 Å². The van der Waals surface area contributed by atoms with Gasteiger partial charge in [0.25, 0.3) is 0 Å². The largest absolute Gasteiger partial charge is 0.383 e. The van der Waals surface area contributed by atoms with Gasteiger partial charge in [0.15, 0.2) is 5.43 Å². The second-order valence-electron chi connectivity index (χ2n) is 5.48. The van der Waals surface area contributed by atoms with Crippen molar-refractivity contribution in [3.8, 4) is 0 Å². The van der Waals surface area contributed by atoms with Gasteiger partial charge in [-0.05, 0) is 30.3 Å². The first-order chi connectivity index (χ1) is 11.7. The average Bonchev–Trinajstić information content (AvgIpc) is 2.60. The maximum atomic E-state index is 13.6. The van der Waals surface area contributed by atoms with E-state index in [9.17, 15) is 9.18 Å². The molecule has 120 valence electrons. The van der Waals surface area contributed by atoms with Gasteiger partial charge in [0.05, 0.1) is 15.6 Å². The van der Waals surface area contributed by atoms with Gasteiger partial charge < -0.3 is 11.1 Å². The number of pyridine rings is 1. The molecule has 0 amide bonds. The smallest absolute Gasteiger partial charge is 0.196 e. The molecule has 0 radical (unpaired) electrons. The van der Waals surface area contributed by atoms with Crippen LogP contribution in [0.4, 0.5) is 10.1 Å². The molecule has 0 unspecified atom stereocenters. The molecule has 3 N–H and O–H groups in total. The molecule has 2 aromatic heterocycles. The van der Waals surface area contributed by atoms with Crippen LogP contribution in [0.2, 0.25) is 0 Å². The fourth-order valence-electron chi connectivity index (χ4n) is 2.91. The molecule has 0 spiro atoms. The Hall–Kier alpha value is -2.57. The Morgan fingerprint density at radius 3 is 2.88 bits per heavy atom. The topological polar surface area (TPSA) is 68.0 Å². The van der Waals surface area contributed by atoms with Gasteiger partial charge in [0.2, 0.25) is 0 Å². The number of halogens is 1. The Morgan fingerprint density at radius 2 is 2.04 bits per heavy atom. The molecular formula is C18H14FN3OS. The standard InChI is InChI=1S/C18H14FN3OS/c19-10-4-5-14-11(8-10)18(23)17-15(24-14)9-22-13-3-1-2-12(16(13)17)21-7-6-20/h1-5,8-9,21H,6-7,20H2. The first-order valence-corrected chi connectivity index (χ1v) is 8.38. The highest BCUT2D eigenvalue weighted by Gasteiger charge is 2.13. The normalized spacial score (nSPS) is 11.4. The van der Waals surface area contributed by atoms with Gasteiger partial charge in [-0.2, -0.15) is 0 Å². The molecule has 0 atom stereocenters. The van der Waals surface area contributed by atoms with Crippen LogP contribution in [0.5, 0.6) is 0 Å². The SMILES string of the molecule is NCCNc1cccc2ncc3sc4ccc(F)cc4c(=O)c3c12. The van der Waals surface area contributed by atoms with Crippen LogP contribution in [0.3, 0.4) is 0 Å². The molecule has 0 aliphatic rings. The number of fused-ring (bicyclic) bond motifs is 4. The van der Waals surface area contributed by atoms with Gasteiger partial charge in [0, 0.05) is 40.4 Å². The summed E-state index contributed by atoms with van der Waals surface area (Å²) in [5, 5.41) is 4.97. The number of aromatic nitrogens is 1. The molecule has 0 aliphatic heterocycles.